The lowest BCUT2D eigenvalue weighted by atomic mass is 10.1. The van der Waals surface area contributed by atoms with Crippen LogP contribution in [0.15, 0.2) is 42.7 Å². The summed E-state index contributed by atoms with van der Waals surface area (Å²) in [4.78, 5) is 26.1. The molecule has 0 aliphatic heterocycles. The first-order valence-electron chi connectivity index (χ1n) is 5.55. The molecule has 0 aliphatic rings. The number of nitro groups is 1. The number of anilines is 1. The Morgan fingerprint density at radius 2 is 1.95 bits per heavy atom. The average molecular weight is 257 g/mol. The zero-order valence-corrected chi connectivity index (χ0v) is 10.2. The number of nitrogens with one attached hydrogen (secondary N) is 1. The second-order valence-electron chi connectivity index (χ2n) is 3.90. The molecule has 0 radical (unpaired) electrons. The highest BCUT2D eigenvalue weighted by Gasteiger charge is 2.15. The summed E-state index contributed by atoms with van der Waals surface area (Å²) in [6.07, 6.45) is 3.02. The van der Waals surface area contributed by atoms with E-state index < -0.39 is 4.92 Å². The monoisotopic (exact) mass is 257 g/mol. The van der Waals surface area contributed by atoms with E-state index >= 15 is 0 Å². The molecule has 1 aromatic carbocycles. The fourth-order valence-electron chi connectivity index (χ4n) is 1.65. The van der Waals surface area contributed by atoms with E-state index in [0.29, 0.717) is 16.8 Å². The Kier molecular flexibility index (Phi) is 3.51. The summed E-state index contributed by atoms with van der Waals surface area (Å²) in [5.74, 6) is -0.328. The summed E-state index contributed by atoms with van der Waals surface area (Å²) in [7, 11) is 0. The number of benzene rings is 1. The van der Waals surface area contributed by atoms with Crippen LogP contribution < -0.4 is 5.32 Å². The number of nitro benzene ring substituents is 1. The van der Waals surface area contributed by atoms with Gasteiger partial charge in [0.05, 0.1) is 16.2 Å². The van der Waals surface area contributed by atoms with E-state index in [1.807, 2.05) is 0 Å². The highest BCUT2D eigenvalue weighted by molar-refractivity contribution is 6.04. The summed E-state index contributed by atoms with van der Waals surface area (Å²) in [5, 5.41) is 13.5. The number of carbonyl (C=O) groups excluding carboxylic acids is 1. The van der Waals surface area contributed by atoms with Crippen LogP contribution >= 0.6 is 0 Å². The molecule has 0 fully saturated rings. The van der Waals surface area contributed by atoms with Gasteiger partial charge in [0.25, 0.3) is 11.6 Å². The second-order valence-corrected chi connectivity index (χ2v) is 3.90. The number of rotatable bonds is 3. The smallest absolute Gasteiger partial charge is 0.274 e. The lowest BCUT2D eigenvalue weighted by molar-refractivity contribution is -0.385. The van der Waals surface area contributed by atoms with Crippen LogP contribution in [0.3, 0.4) is 0 Å². The summed E-state index contributed by atoms with van der Waals surface area (Å²) in [6, 6.07) is 7.70. The number of hydrogen-bond donors (Lipinski definition) is 1. The van der Waals surface area contributed by atoms with Gasteiger partial charge in [-0.3, -0.25) is 19.9 Å². The van der Waals surface area contributed by atoms with Crippen molar-refractivity contribution in [3.63, 3.8) is 0 Å². The van der Waals surface area contributed by atoms with Gasteiger partial charge in [0.1, 0.15) is 0 Å². The first-order valence-corrected chi connectivity index (χ1v) is 5.55. The summed E-state index contributed by atoms with van der Waals surface area (Å²) in [6.45, 7) is 1.60. The molecule has 2 rings (SSSR count). The molecule has 6 nitrogen and oxygen atoms in total. The molecule has 0 atom stereocenters. The molecule has 0 aliphatic carbocycles. The Labute approximate surface area is 109 Å². The summed E-state index contributed by atoms with van der Waals surface area (Å²) < 4.78 is 0. The maximum absolute atomic E-state index is 11.9. The zero-order chi connectivity index (χ0) is 13.8. The lowest BCUT2D eigenvalue weighted by Gasteiger charge is -2.08. The minimum absolute atomic E-state index is 0.0208. The van der Waals surface area contributed by atoms with Crippen molar-refractivity contribution in [2.75, 3.05) is 5.32 Å². The van der Waals surface area contributed by atoms with Gasteiger partial charge in [-0.05, 0) is 25.1 Å². The molecule has 0 unspecified atom stereocenters. The van der Waals surface area contributed by atoms with Crippen molar-refractivity contribution in [1.82, 2.24) is 4.98 Å². The topological polar surface area (TPSA) is 85.1 Å². The Morgan fingerprint density at radius 1 is 1.26 bits per heavy atom. The van der Waals surface area contributed by atoms with Crippen molar-refractivity contribution in [2.24, 2.45) is 0 Å². The van der Waals surface area contributed by atoms with Gasteiger partial charge in [-0.1, -0.05) is 6.07 Å². The molecule has 2 aromatic rings. The Balaban J connectivity index is 2.27. The predicted octanol–water partition coefficient (Wildman–Crippen LogP) is 2.55. The fourth-order valence-corrected chi connectivity index (χ4v) is 1.65. The van der Waals surface area contributed by atoms with Crippen LogP contribution in [0.4, 0.5) is 11.4 Å². The Bertz CT molecular complexity index is 626. The number of aromatic nitrogens is 1. The SMILES string of the molecule is Cc1c(NC(=O)c2ccncc2)cccc1[N+](=O)[O-]. The van der Waals surface area contributed by atoms with E-state index in [9.17, 15) is 14.9 Å². The molecular weight excluding hydrogens is 246 g/mol. The van der Waals surface area contributed by atoms with E-state index in [4.69, 9.17) is 0 Å². The number of amides is 1. The fraction of sp³-hybridized carbons (Fsp3) is 0.0769. The van der Waals surface area contributed by atoms with Crippen molar-refractivity contribution in [2.45, 2.75) is 6.92 Å². The Hall–Kier alpha value is -2.76. The van der Waals surface area contributed by atoms with Crippen LogP contribution in [0.1, 0.15) is 15.9 Å². The molecule has 1 N–H and O–H groups in total. The van der Waals surface area contributed by atoms with E-state index in [1.54, 1.807) is 25.1 Å². The van der Waals surface area contributed by atoms with Gasteiger partial charge in [-0.15, -0.1) is 0 Å². The molecular formula is C13H11N3O3. The first kappa shape index (κ1) is 12.7. The van der Waals surface area contributed by atoms with Crippen LogP contribution in [0.5, 0.6) is 0 Å². The molecule has 19 heavy (non-hydrogen) atoms. The highest BCUT2D eigenvalue weighted by atomic mass is 16.6. The molecule has 6 heteroatoms. The maximum Gasteiger partial charge on any atom is 0.274 e. The van der Waals surface area contributed by atoms with E-state index in [0.717, 1.165) is 0 Å². The van der Waals surface area contributed by atoms with Crippen LogP contribution in [0.25, 0.3) is 0 Å². The van der Waals surface area contributed by atoms with Crippen molar-refractivity contribution < 1.29 is 9.72 Å². The zero-order valence-electron chi connectivity index (χ0n) is 10.2. The molecule has 0 saturated carbocycles. The second kappa shape index (κ2) is 5.26. The van der Waals surface area contributed by atoms with Gasteiger partial charge in [-0.25, -0.2) is 0 Å². The third-order valence-electron chi connectivity index (χ3n) is 2.69. The first-order chi connectivity index (χ1) is 9.09. The molecule has 96 valence electrons. The van der Waals surface area contributed by atoms with Gasteiger partial charge in [0.2, 0.25) is 0 Å². The summed E-state index contributed by atoms with van der Waals surface area (Å²) >= 11 is 0. The predicted molar refractivity (Wildman–Crippen MR) is 70.0 cm³/mol. The molecule has 1 amide bonds. The quantitative estimate of drug-likeness (QED) is 0.676. The molecule has 0 bridgehead atoms. The lowest BCUT2D eigenvalue weighted by Crippen LogP contribution is -2.13. The van der Waals surface area contributed by atoms with E-state index in [2.05, 4.69) is 10.3 Å². The Morgan fingerprint density at radius 3 is 2.58 bits per heavy atom. The van der Waals surface area contributed by atoms with Gasteiger partial charge in [0.15, 0.2) is 0 Å². The number of hydrogen-bond acceptors (Lipinski definition) is 4. The molecule has 0 saturated heterocycles. The van der Waals surface area contributed by atoms with Crippen LogP contribution in [0, 0.1) is 17.0 Å². The van der Waals surface area contributed by atoms with Gasteiger partial charge in [-0.2, -0.15) is 0 Å². The van der Waals surface area contributed by atoms with Crippen molar-refractivity contribution in [1.29, 1.82) is 0 Å². The van der Waals surface area contributed by atoms with E-state index in [1.165, 1.54) is 24.5 Å². The minimum atomic E-state index is -0.475. The largest absolute Gasteiger partial charge is 0.321 e. The van der Waals surface area contributed by atoms with Gasteiger partial charge in [0, 0.05) is 24.0 Å². The standard InChI is InChI=1S/C13H11N3O3/c1-9-11(3-2-4-12(9)16(18)19)15-13(17)10-5-7-14-8-6-10/h2-8H,1H3,(H,15,17). The number of pyridine rings is 1. The van der Waals surface area contributed by atoms with Crippen molar-refractivity contribution >= 4 is 17.3 Å². The molecule has 0 spiro atoms. The van der Waals surface area contributed by atoms with Crippen molar-refractivity contribution in [3.8, 4) is 0 Å². The van der Waals surface area contributed by atoms with Crippen LogP contribution in [-0.4, -0.2) is 15.8 Å². The van der Waals surface area contributed by atoms with E-state index in [-0.39, 0.29) is 11.6 Å². The molecule has 1 heterocycles. The van der Waals surface area contributed by atoms with Gasteiger partial charge >= 0.3 is 0 Å². The van der Waals surface area contributed by atoms with Gasteiger partial charge < -0.3 is 5.32 Å². The highest BCUT2D eigenvalue weighted by Crippen LogP contribution is 2.25. The normalized spacial score (nSPS) is 9.95. The summed E-state index contributed by atoms with van der Waals surface area (Å²) in [5.41, 5.74) is 1.28. The minimum Gasteiger partial charge on any atom is -0.321 e. The average Bonchev–Trinajstić information content (AvgIpc) is 2.41. The third kappa shape index (κ3) is 2.74. The maximum atomic E-state index is 11.9. The van der Waals surface area contributed by atoms with Crippen LogP contribution in [-0.2, 0) is 0 Å². The van der Waals surface area contributed by atoms with Crippen LogP contribution in [0.2, 0.25) is 0 Å². The number of carbonyl (C=O) groups is 1. The third-order valence-corrected chi connectivity index (χ3v) is 2.69. The number of nitrogens with zero attached hydrogens (tertiary/aromatic N) is 2. The molecule has 1 aromatic heterocycles. The van der Waals surface area contributed by atoms with Crippen molar-refractivity contribution in [3.05, 3.63) is 64.0 Å².